The third kappa shape index (κ3) is 4.84. The van der Waals surface area contributed by atoms with Gasteiger partial charge in [0.05, 0.1) is 16.9 Å². The molecule has 0 radical (unpaired) electrons. The van der Waals surface area contributed by atoms with Crippen LogP contribution in [0, 0.1) is 20.8 Å². The topological polar surface area (TPSA) is 67.2 Å². The molecule has 10 heteroatoms. The molecule has 3 heterocycles. The minimum Gasteiger partial charge on any atom is -0.355 e. The molecule has 1 aliphatic rings. The van der Waals surface area contributed by atoms with Crippen LogP contribution in [0.1, 0.15) is 39.3 Å². The Balaban J connectivity index is 1.47. The number of aryl methyl sites for hydroxylation is 3. The van der Waals surface area contributed by atoms with Crippen LogP contribution in [0.4, 0.5) is 19.0 Å². The summed E-state index contributed by atoms with van der Waals surface area (Å²) in [6.45, 7) is 7.74. The van der Waals surface area contributed by atoms with E-state index in [2.05, 4.69) is 15.2 Å². The number of anilines is 1. The fraction of sp³-hybridized carbons (Fsp3) is 0.391. The lowest BCUT2D eigenvalue weighted by molar-refractivity contribution is -0.137. The van der Waals surface area contributed by atoms with Crippen molar-refractivity contribution in [1.82, 2.24) is 24.9 Å². The first-order valence-corrected chi connectivity index (χ1v) is 10.7. The number of aromatic nitrogens is 4. The molecule has 0 spiro atoms. The molecule has 3 aromatic rings. The highest BCUT2D eigenvalue weighted by molar-refractivity contribution is 5.93. The summed E-state index contributed by atoms with van der Waals surface area (Å²) in [5.41, 5.74) is 3.03. The van der Waals surface area contributed by atoms with Crippen molar-refractivity contribution >= 4 is 11.7 Å². The van der Waals surface area contributed by atoms with Crippen molar-refractivity contribution in [2.45, 2.75) is 33.4 Å². The van der Waals surface area contributed by atoms with Crippen LogP contribution in [-0.4, -0.2) is 57.0 Å². The van der Waals surface area contributed by atoms with E-state index >= 15 is 0 Å². The molecule has 1 aromatic carbocycles. The second kappa shape index (κ2) is 8.84. The summed E-state index contributed by atoms with van der Waals surface area (Å²) in [6, 6.07) is 8.35. The zero-order chi connectivity index (χ0) is 23.8. The Morgan fingerprint density at radius 1 is 0.970 bits per heavy atom. The molecule has 174 valence electrons. The number of halogens is 3. The fourth-order valence-corrected chi connectivity index (χ4v) is 3.95. The lowest BCUT2D eigenvalue weighted by Gasteiger charge is -2.22. The van der Waals surface area contributed by atoms with Gasteiger partial charge in [-0.1, -0.05) is 17.7 Å². The average molecular weight is 458 g/mol. The van der Waals surface area contributed by atoms with Gasteiger partial charge in [-0.2, -0.15) is 23.1 Å². The second-order valence-electron chi connectivity index (χ2n) is 8.25. The molecule has 1 fully saturated rings. The van der Waals surface area contributed by atoms with Crippen LogP contribution in [0.2, 0.25) is 0 Å². The molecule has 0 unspecified atom stereocenters. The molecular formula is C23H25F3N6O. The zero-order valence-electron chi connectivity index (χ0n) is 18.7. The van der Waals surface area contributed by atoms with Crippen LogP contribution in [0.15, 0.2) is 36.5 Å². The van der Waals surface area contributed by atoms with Gasteiger partial charge in [0.1, 0.15) is 5.82 Å². The summed E-state index contributed by atoms with van der Waals surface area (Å²) in [6.07, 6.45) is -2.91. The van der Waals surface area contributed by atoms with Crippen molar-refractivity contribution in [3.05, 3.63) is 64.6 Å². The Kier molecular flexibility index (Phi) is 6.09. The zero-order valence-corrected chi connectivity index (χ0v) is 18.7. The van der Waals surface area contributed by atoms with E-state index in [1.165, 1.54) is 10.9 Å². The van der Waals surface area contributed by atoms with E-state index in [-0.39, 0.29) is 5.91 Å². The van der Waals surface area contributed by atoms with Crippen molar-refractivity contribution in [2.75, 3.05) is 31.1 Å². The normalized spacial score (nSPS) is 15.0. The molecule has 0 saturated carbocycles. The Morgan fingerprint density at radius 2 is 1.76 bits per heavy atom. The molecule has 1 saturated heterocycles. The SMILES string of the molecule is Cc1ccc(-n2nc(C)c(C(=O)N3CCCN(c4ccc(C(F)(F)F)cn4)CC3)n2)c(C)c1. The summed E-state index contributed by atoms with van der Waals surface area (Å²) < 4.78 is 38.4. The largest absolute Gasteiger partial charge is 0.417 e. The fourth-order valence-electron chi connectivity index (χ4n) is 3.95. The molecule has 1 aliphatic heterocycles. The summed E-state index contributed by atoms with van der Waals surface area (Å²) in [5.74, 6) is 0.264. The third-order valence-electron chi connectivity index (χ3n) is 5.73. The van der Waals surface area contributed by atoms with Crippen molar-refractivity contribution in [2.24, 2.45) is 0 Å². The van der Waals surface area contributed by atoms with Gasteiger partial charge in [0.15, 0.2) is 5.69 Å². The van der Waals surface area contributed by atoms with Crippen LogP contribution < -0.4 is 4.90 Å². The number of hydrogen-bond acceptors (Lipinski definition) is 5. The average Bonchev–Trinajstić information content (AvgIpc) is 2.98. The van der Waals surface area contributed by atoms with Crippen LogP contribution in [0.5, 0.6) is 0 Å². The van der Waals surface area contributed by atoms with Crippen molar-refractivity contribution in [1.29, 1.82) is 0 Å². The maximum atomic E-state index is 13.2. The van der Waals surface area contributed by atoms with Gasteiger partial charge in [0, 0.05) is 32.4 Å². The number of pyridine rings is 1. The minimum atomic E-state index is -4.42. The number of amides is 1. The maximum absolute atomic E-state index is 13.2. The second-order valence-corrected chi connectivity index (χ2v) is 8.25. The summed E-state index contributed by atoms with van der Waals surface area (Å²) in [5, 5.41) is 8.92. The quantitative estimate of drug-likeness (QED) is 0.595. The Bertz CT molecular complexity index is 1160. The smallest absolute Gasteiger partial charge is 0.355 e. The van der Waals surface area contributed by atoms with Crippen LogP contribution in [0.25, 0.3) is 5.69 Å². The molecule has 0 aliphatic carbocycles. The predicted molar refractivity (Wildman–Crippen MR) is 118 cm³/mol. The van der Waals surface area contributed by atoms with Gasteiger partial charge in [-0.3, -0.25) is 4.79 Å². The molecule has 33 heavy (non-hydrogen) atoms. The number of alkyl halides is 3. The summed E-state index contributed by atoms with van der Waals surface area (Å²) >= 11 is 0. The first-order valence-electron chi connectivity index (χ1n) is 10.7. The van der Waals surface area contributed by atoms with Gasteiger partial charge >= 0.3 is 6.18 Å². The van der Waals surface area contributed by atoms with Gasteiger partial charge in [-0.05, 0) is 51.0 Å². The highest BCUT2D eigenvalue weighted by atomic mass is 19.4. The maximum Gasteiger partial charge on any atom is 0.417 e. The van der Waals surface area contributed by atoms with E-state index in [1.54, 1.807) is 11.8 Å². The van der Waals surface area contributed by atoms with Gasteiger partial charge < -0.3 is 9.80 Å². The molecule has 7 nitrogen and oxygen atoms in total. The van der Waals surface area contributed by atoms with Crippen molar-refractivity contribution < 1.29 is 18.0 Å². The number of carbonyl (C=O) groups excluding carboxylic acids is 1. The monoisotopic (exact) mass is 458 g/mol. The molecule has 4 rings (SSSR count). The highest BCUT2D eigenvalue weighted by Crippen LogP contribution is 2.29. The Labute approximate surface area is 189 Å². The van der Waals surface area contributed by atoms with E-state index in [9.17, 15) is 18.0 Å². The van der Waals surface area contributed by atoms with Gasteiger partial charge in [0.2, 0.25) is 0 Å². The highest BCUT2D eigenvalue weighted by Gasteiger charge is 2.31. The third-order valence-corrected chi connectivity index (χ3v) is 5.73. The summed E-state index contributed by atoms with van der Waals surface area (Å²) in [7, 11) is 0. The Morgan fingerprint density at radius 3 is 2.42 bits per heavy atom. The van der Waals surface area contributed by atoms with Crippen LogP contribution in [-0.2, 0) is 6.18 Å². The lowest BCUT2D eigenvalue weighted by Crippen LogP contribution is -2.36. The predicted octanol–water partition coefficient (Wildman–Crippen LogP) is 3.96. The molecule has 1 amide bonds. The van der Waals surface area contributed by atoms with E-state index in [4.69, 9.17) is 0 Å². The van der Waals surface area contributed by atoms with E-state index in [0.29, 0.717) is 49.8 Å². The van der Waals surface area contributed by atoms with E-state index in [1.807, 2.05) is 36.9 Å². The molecule has 0 atom stereocenters. The van der Waals surface area contributed by atoms with Crippen LogP contribution in [0.3, 0.4) is 0 Å². The number of carbonyl (C=O) groups is 1. The molecule has 2 aromatic heterocycles. The molecule has 0 bridgehead atoms. The van der Waals surface area contributed by atoms with Gasteiger partial charge in [-0.15, -0.1) is 5.10 Å². The summed E-state index contributed by atoms with van der Waals surface area (Å²) in [4.78, 5) is 22.3. The first-order chi connectivity index (χ1) is 15.6. The number of rotatable bonds is 3. The number of hydrogen-bond donors (Lipinski definition) is 0. The van der Waals surface area contributed by atoms with Crippen molar-refractivity contribution in [3.8, 4) is 5.69 Å². The lowest BCUT2D eigenvalue weighted by atomic mass is 10.1. The van der Waals surface area contributed by atoms with Crippen LogP contribution >= 0.6 is 0 Å². The number of benzene rings is 1. The van der Waals surface area contributed by atoms with Crippen molar-refractivity contribution in [3.63, 3.8) is 0 Å². The Hall–Kier alpha value is -3.43. The van der Waals surface area contributed by atoms with E-state index < -0.39 is 11.7 Å². The van der Waals surface area contributed by atoms with Gasteiger partial charge in [0.25, 0.3) is 5.91 Å². The van der Waals surface area contributed by atoms with Gasteiger partial charge in [-0.25, -0.2) is 4.98 Å². The van der Waals surface area contributed by atoms with E-state index in [0.717, 1.165) is 29.1 Å². The molecule has 0 N–H and O–H groups in total. The molecular weight excluding hydrogens is 433 g/mol. The minimum absolute atomic E-state index is 0.203. The number of nitrogens with zero attached hydrogens (tertiary/aromatic N) is 6. The first kappa shape index (κ1) is 22.8. The standard InChI is InChI=1S/C23H25F3N6O/c1-15-5-7-19(16(2)13-15)32-28-17(3)21(29-32)22(33)31-10-4-9-30(11-12-31)20-8-6-18(14-27-20)23(24,25)26/h5-8,13-14H,4,9-12H2,1-3H3.